The summed E-state index contributed by atoms with van der Waals surface area (Å²) in [5, 5.41) is 8.17. The minimum absolute atomic E-state index is 0.398. The van der Waals surface area contributed by atoms with Gasteiger partial charge in [-0.05, 0) is 48.0 Å². The number of fused-ring (bicyclic) bond motifs is 1. The molecule has 0 aliphatic heterocycles. The van der Waals surface area contributed by atoms with Gasteiger partial charge >= 0.3 is 0 Å². The summed E-state index contributed by atoms with van der Waals surface area (Å²) in [6.07, 6.45) is 0.478. The fourth-order valence-electron chi connectivity index (χ4n) is 3.25. The van der Waals surface area contributed by atoms with Gasteiger partial charge in [-0.3, -0.25) is 4.34 Å². The molecule has 1 atom stereocenters. The summed E-state index contributed by atoms with van der Waals surface area (Å²) in [7, 11) is 3.50. The summed E-state index contributed by atoms with van der Waals surface area (Å²) in [6, 6.07) is 7.62. The molecule has 0 radical (unpaired) electrons. The van der Waals surface area contributed by atoms with Gasteiger partial charge < -0.3 is 10.1 Å². The summed E-state index contributed by atoms with van der Waals surface area (Å²) >= 11 is 8.62. The third-order valence-electron chi connectivity index (χ3n) is 4.43. The fourth-order valence-corrected chi connectivity index (χ4v) is 5.58. The molecule has 0 aliphatic carbocycles. The fraction of sp³-hybridized carbons (Fsp3) is 0.300. The molecule has 0 spiro atoms. The Labute approximate surface area is 201 Å². The Balaban J connectivity index is 0.00000132. The lowest BCUT2D eigenvalue weighted by Gasteiger charge is -2.15. The number of anilines is 2. The Hall–Kier alpha value is -1.97. The van der Waals surface area contributed by atoms with Crippen molar-refractivity contribution in [2.24, 2.45) is 7.05 Å². The number of hydrogen-bond donors (Lipinski definition) is 1. The number of aromatic nitrogens is 6. The normalized spacial score (nSPS) is 11.1. The molecule has 0 aliphatic rings. The number of imidazole rings is 1. The molecule has 3 heterocycles. The van der Waals surface area contributed by atoms with E-state index >= 15 is 0 Å². The molecular formula is C20H24ClIN7OP. The van der Waals surface area contributed by atoms with Gasteiger partial charge in [0.25, 0.3) is 0 Å². The minimum Gasteiger partial charge on any atom is -0.494 e. The zero-order chi connectivity index (χ0) is 22.7. The van der Waals surface area contributed by atoms with Gasteiger partial charge in [0, 0.05) is 13.1 Å². The Morgan fingerprint density at radius 3 is 2.48 bits per heavy atom. The number of halogens is 2. The molecule has 1 unspecified atom stereocenters. The maximum atomic E-state index is 6.31. The highest BCUT2D eigenvalue weighted by molar-refractivity contribution is 14.2. The van der Waals surface area contributed by atoms with Crippen LogP contribution in [0.4, 0.5) is 11.4 Å². The molecule has 0 saturated carbocycles. The first-order valence-electron chi connectivity index (χ1n) is 9.67. The second kappa shape index (κ2) is 10.1. The number of methoxy groups -OCH3 is 1. The number of nitrogens with zero attached hydrogens (tertiary/aromatic N) is 6. The molecule has 11 heteroatoms. The SMILES string of the molecule is CC.COc1c(Nc2cc(Cl)nc3c2nc(C)n3PI)cccc1-c1nc(C)nn1C. The second-order valence-electron chi connectivity index (χ2n) is 6.36. The number of nitrogens with one attached hydrogen (secondary N) is 1. The summed E-state index contributed by atoms with van der Waals surface area (Å²) in [5.74, 6) is 2.98. The molecule has 0 bridgehead atoms. The van der Waals surface area contributed by atoms with E-state index in [0.29, 0.717) is 23.1 Å². The van der Waals surface area contributed by atoms with E-state index in [1.165, 1.54) is 0 Å². The first-order chi connectivity index (χ1) is 14.9. The largest absolute Gasteiger partial charge is 0.494 e. The Morgan fingerprint density at radius 1 is 1.13 bits per heavy atom. The van der Waals surface area contributed by atoms with Crippen LogP contribution in [-0.4, -0.2) is 36.2 Å². The quantitative estimate of drug-likeness (QED) is 0.178. The standard InChI is InChI=1S/C18H18ClIN7OP.C2H6/c1-9-21-17(26(3)25-9)11-6-5-7-12(16(11)28-4)23-13-8-14(19)24-18-15(13)22-10(2)27(18)29-20;1-2/h5-8,29H,1-4H3,(H,23,24);1-2H3. The van der Waals surface area contributed by atoms with E-state index in [2.05, 4.69) is 47.4 Å². The van der Waals surface area contributed by atoms with Crippen LogP contribution in [0.5, 0.6) is 5.75 Å². The lowest BCUT2D eigenvalue weighted by molar-refractivity contribution is 0.418. The first-order valence-corrected chi connectivity index (χ1v) is 14.1. The van der Waals surface area contributed by atoms with E-state index in [1.807, 2.05) is 57.3 Å². The van der Waals surface area contributed by atoms with Gasteiger partial charge in [0.05, 0.1) is 30.4 Å². The van der Waals surface area contributed by atoms with E-state index in [4.69, 9.17) is 16.3 Å². The average molecular weight is 572 g/mol. The van der Waals surface area contributed by atoms with Crippen molar-refractivity contribution in [2.75, 3.05) is 12.4 Å². The predicted molar refractivity (Wildman–Crippen MR) is 137 cm³/mol. The number of rotatable bonds is 5. The molecule has 164 valence electrons. The van der Waals surface area contributed by atoms with Crippen molar-refractivity contribution in [3.8, 4) is 17.1 Å². The van der Waals surface area contributed by atoms with Crippen LogP contribution in [0.15, 0.2) is 24.3 Å². The van der Waals surface area contributed by atoms with Crippen LogP contribution in [0.25, 0.3) is 22.6 Å². The molecule has 1 aromatic carbocycles. The number of para-hydroxylation sites is 1. The van der Waals surface area contributed by atoms with Crippen molar-refractivity contribution in [3.63, 3.8) is 0 Å². The lowest BCUT2D eigenvalue weighted by atomic mass is 10.1. The van der Waals surface area contributed by atoms with Gasteiger partial charge in [0.2, 0.25) is 0 Å². The highest BCUT2D eigenvalue weighted by Crippen LogP contribution is 2.39. The third-order valence-corrected chi connectivity index (χ3v) is 6.78. The van der Waals surface area contributed by atoms with Crippen molar-refractivity contribution < 1.29 is 4.74 Å². The summed E-state index contributed by atoms with van der Waals surface area (Å²) < 4.78 is 9.53. The summed E-state index contributed by atoms with van der Waals surface area (Å²) in [5.41, 5.74) is 3.90. The summed E-state index contributed by atoms with van der Waals surface area (Å²) in [6.45, 7) is 7.82. The number of aryl methyl sites for hydroxylation is 3. The van der Waals surface area contributed by atoms with Crippen molar-refractivity contribution in [2.45, 2.75) is 27.7 Å². The van der Waals surface area contributed by atoms with Crippen LogP contribution < -0.4 is 10.1 Å². The number of ether oxygens (including phenoxy) is 1. The molecule has 0 saturated heterocycles. The Morgan fingerprint density at radius 2 is 1.87 bits per heavy atom. The maximum Gasteiger partial charge on any atom is 0.167 e. The van der Waals surface area contributed by atoms with E-state index in [1.54, 1.807) is 17.9 Å². The molecule has 1 N–H and O–H groups in total. The first kappa shape index (κ1) is 23.7. The van der Waals surface area contributed by atoms with Gasteiger partial charge in [-0.1, -0.05) is 31.5 Å². The molecule has 8 nitrogen and oxygen atoms in total. The van der Waals surface area contributed by atoms with Crippen molar-refractivity contribution in [3.05, 3.63) is 41.1 Å². The number of pyridine rings is 1. The maximum absolute atomic E-state index is 6.31. The van der Waals surface area contributed by atoms with E-state index < -0.39 is 0 Å². The van der Waals surface area contributed by atoms with Crippen LogP contribution in [0.3, 0.4) is 0 Å². The average Bonchev–Trinajstić information content (AvgIpc) is 3.26. The number of hydrogen-bond acceptors (Lipinski definition) is 6. The zero-order valence-electron chi connectivity index (χ0n) is 18.2. The van der Waals surface area contributed by atoms with E-state index in [9.17, 15) is 0 Å². The highest BCUT2D eigenvalue weighted by Gasteiger charge is 2.19. The van der Waals surface area contributed by atoms with Gasteiger partial charge in [0.1, 0.15) is 22.3 Å². The van der Waals surface area contributed by atoms with Gasteiger partial charge in [-0.25, -0.2) is 19.6 Å². The predicted octanol–water partition coefficient (Wildman–Crippen LogP) is 6.07. The molecule has 31 heavy (non-hydrogen) atoms. The third kappa shape index (κ3) is 4.63. The van der Waals surface area contributed by atoms with Gasteiger partial charge in [0.15, 0.2) is 17.2 Å². The minimum atomic E-state index is 0.398. The van der Waals surface area contributed by atoms with Crippen LogP contribution in [0.1, 0.15) is 25.5 Å². The van der Waals surface area contributed by atoms with E-state index in [0.717, 1.165) is 39.8 Å². The molecular weight excluding hydrogens is 548 g/mol. The van der Waals surface area contributed by atoms with Crippen LogP contribution in [0, 0.1) is 13.8 Å². The molecule has 0 amide bonds. The van der Waals surface area contributed by atoms with Crippen molar-refractivity contribution in [1.29, 1.82) is 0 Å². The van der Waals surface area contributed by atoms with E-state index in [-0.39, 0.29) is 0 Å². The van der Waals surface area contributed by atoms with Crippen LogP contribution >= 0.6 is 40.0 Å². The topological polar surface area (TPSA) is 82.7 Å². The lowest BCUT2D eigenvalue weighted by Crippen LogP contribution is -2.01. The van der Waals surface area contributed by atoms with Crippen LogP contribution in [-0.2, 0) is 7.05 Å². The van der Waals surface area contributed by atoms with Crippen molar-refractivity contribution >= 4 is 62.6 Å². The van der Waals surface area contributed by atoms with Gasteiger partial charge in [-0.2, -0.15) is 5.10 Å². The smallest absolute Gasteiger partial charge is 0.167 e. The number of benzene rings is 1. The highest BCUT2D eigenvalue weighted by atomic mass is 127. The zero-order valence-corrected chi connectivity index (χ0v) is 22.1. The van der Waals surface area contributed by atoms with Gasteiger partial charge in [-0.15, -0.1) is 0 Å². The second-order valence-corrected chi connectivity index (χ2v) is 8.81. The molecule has 4 rings (SSSR count). The Bertz CT molecular complexity index is 1220. The van der Waals surface area contributed by atoms with Crippen molar-refractivity contribution in [1.82, 2.24) is 29.1 Å². The Kier molecular flexibility index (Phi) is 7.72. The molecule has 4 aromatic rings. The van der Waals surface area contributed by atoms with Crippen LogP contribution in [0.2, 0.25) is 5.15 Å². The molecule has 3 aromatic heterocycles. The molecule has 0 fully saturated rings. The summed E-state index contributed by atoms with van der Waals surface area (Å²) in [4.78, 5) is 13.7. The monoisotopic (exact) mass is 571 g/mol.